The Balaban J connectivity index is 1.62. The van der Waals surface area contributed by atoms with Gasteiger partial charge in [-0.25, -0.2) is 0 Å². The number of nitrogens with zero attached hydrogens (tertiary/aromatic N) is 1. The van der Waals surface area contributed by atoms with Crippen molar-refractivity contribution in [3.8, 4) is 11.1 Å². The minimum Gasteiger partial charge on any atom is -0.387 e. The number of likely N-dealkylation sites (N-methyl/N-ethyl adjacent to an activating group) is 1. The summed E-state index contributed by atoms with van der Waals surface area (Å²) >= 11 is 0. The largest absolute Gasteiger partial charge is 0.387 e. The van der Waals surface area contributed by atoms with Gasteiger partial charge in [0, 0.05) is 12.6 Å². The molecule has 2 nitrogen and oxygen atoms in total. The van der Waals surface area contributed by atoms with Crippen molar-refractivity contribution in [1.29, 1.82) is 0 Å². The molecule has 2 aromatic rings. The van der Waals surface area contributed by atoms with Crippen LogP contribution in [-0.2, 0) is 0 Å². The van der Waals surface area contributed by atoms with Gasteiger partial charge in [-0.3, -0.25) is 0 Å². The third-order valence-corrected chi connectivity index (χ3v) is 5.06. The number of aliphatic hydroxyl groups excluding tert-OH is 1. The van der Waals surface area contributed by atoms with Gasteiger partial charge < -0.3 is 10.0 Å². The SMILES string of the molecule is CN(CC(O)c1ccc(-c2ccccc2)cc1)C1CCCCC1. The summed E-state index contributed by atoms with van der Waals surface area (Å²) in [5, 5.41) is 10.5. The van der Waals surface area contributed by atoms with Gasteiger partial charge in [0.15, 0.2) is 0 Å². The van der Waals surface area contributed by atoms with Gasteiger partial charge in [0.25, 0.3) is 0 Å². The molecule has 0 aromatic heterocycles. The fraction of sp³-hybridized carbons (Fsp3) is 0.429. The molecule has 0 spiro atoms. The Morgan fingerprint density at radius 3 is 2.17 bits per heavy atom. The molecule has 1 saturated carbocycles. The molecule has 1 aliphatic carbocycles. The van der Waals surface area contributed by atoms with E-state index >= 15 is 0 Å². The van der Waals surface area contributed by atoms with Crippen LogP contribution in [-0.4, -0.2) is 29.6 Å². The van der Waals surface area contributed by atoms with Crippen molar-refractivity contribution < 1.29 is 5.11 Å². The fourth-order valence-electron chi connectivity index (χ4n) is 3.58. The second-order valence-corrected chi connectivity index (χ2v) is 6.74. The van der Waals surface area contributed by atoms with Gasteiger partial charge in [0.1, 0.15) is 0 Å². The summed E-state index contributed by atoms with van der Waals surface area (Å²) in [6, 6.07) is 19.3. The van der Waals surface area contributed by atoms with Crippen LogP contribution in [0.25, 0.3) is 11.1 Å². The van der Waals surface area contributed by atoms with Crippen LogP contribution in [0.2, 0.25) is 0 Å². The maximum Gasteiger partial charge on any atom is 0.0916 e. The number of aliphatic hydroxyl groups is 1. The zero-order valence-corrected chi connectivity index (χ0v) is 14.0. The summed E-state index contributed by atoms with van der Waals surface area (Å²) in [5.74, 6) is 0. The summed E-state index contributed by atoms with van der Waals surface area (Å²) in [4.78, 5) is 2.34. The van der Waals surface area contributed by atoms with E-state index in [4.69, 9.17) is 0 Å². The average Bonchev–Trinajstić information content (AvgIpc) is 2.63. The molecule has 0 saturated heterocycles. The molecule has 0 heterocycles. The zero-order chi connectivity index (χ0) is 16.1. The third kappa shape index (κ3) is 4.21. The van der Waals surface area contributed by atoms with Crippen molar-refractivity contribution in [2.45, 2.75) is 44.2 Å². The first-order valence-electron chi connectivity index (χ1n) is 8.78. The van der Waals surface area contributed by atoms with Crippen LogP contribution >= 0.6 is 0 Å². The highest BCUT2D eigenvalue weighted by molar-refractivity contribution is 5.63. The molecule has 0 radical (unpaired) electrons. The van der Waals surface area contributed by atoms with E-state index in [9.17, 15) is 5.11 Å². The molecule has 122 valence electrons. The van der Waals surface area contributed by atoms with Crippen molar-refractivity contribution in [1.82, 2.24) is 4.90 Å². The molecule has 2 aromatic carbocycles. The number of benzene rings is 2. The maximum atomic E-state index is 10.5. The van der Waals surface area contributed by atoms with E-state index in [1.54, 1.807) is 0 Å². The minimum atomic E-state index is -0.410. The van der Waals surface area contributed by atoms with Gasteiger partial charge in [-0.1, -0.05) is 73.9 Å². The zero-order valence-electron chi connectivity index (χ0n) is 14.0. The fourth-order valence-corrected chi connectivity index (χ4v) is 3.58. The predicted molar refractivity (Wildman–Crippen MR) is 96.3 cm³/mol. The summed E-state index contributed by atoms with van der Waals surface area (Å²) in [7, 11) is 2.15. The molecule has 0 bridgehead atoms. The molecule has 1 atom stereocenters. The van der Waals surface area contributed by atoms with E-state index < -0.39 is 6.10 Å². The first-order chi connectivity index (χ1) is 11.2. The van der Waals surface area contributed by atoms with Crippen molar-refractivity contribution in [3.05, 3.63) is 60.2 Å². The van der Waals surface area contributed by atoms with Crippen molar-refractivity contribution >= 4 is 0 Å². The Morgan fingerprint density at radius 2 is 1.52 bits per heavy atom. The quantitative estimate of drug-likeness (QED) is 0.869. The van der Waals surface area contributed by atoms with Crippen molar-refractivity contribution in [2.24, 2.45) is 0 Å². The van der Waals surface area contributed by atoms with Crippen LogP contribution in [0.5, 0.6) is 0 Å². The smallest absolute Gasteiger partial charge is 0.0916 e. The van der Waals surface area contributed by atoms with Gasteiger partial charge in [-0.2, -0.15) is 0 Å². The maximum absolute atomic E-state index is 10.5. The standard InChI is InChI=1S/C21H27NO/c1-22(20-10-6-3-7-11-20)16-21(23)19-14-12-18(13-15-19)17-8-4-2-5-9-17/h2,4-5,8-9,12-15,20-21,23H,3,6-7,10-11,16H2,1H3. The Labute approximate surface area is 139 Å². The highest BCUT2D eigenvalue weighted by Gasteiger charge is 2.20. The summed E-state index contributed by atoms with van der Waals surface area (Å²) in [6.07, 6.45) is 6.17. The lowest BCUT2D eigenvalue weighted by atomic mass is 9.94. The van der Waals surface area contributed by atoms with Gasteiger partial charge in [0.2, 0.25) is 0 Å². The summed E-state index contributed by atoms with van der Waals surface area (Å²) in [5.41, 5.74) is 3.42. The molecule has 0 amide bonds. The topological polar surface area (TPSA) is 23.5 Å². The Bertz CT molecular complexity index is 587. The predicted octanol–water partition coefficient (Wildman–Crippen LogP) is 4.65. The Kier molecular flexibility index (Phi) is 5.47. The van der Waals surface area contributed by atoms with Crippen LogP contribution in [0.3, 0.4) is 0 Å². The minimum absolute atomic E-state index is 0.410. The Hall–Kier alpha value is -1.64. The van der Waals surface area contributed by atoms with E-state index in [1.807, 2.05) is 6.07 Å². The molecule has 1 unspecified atom stereocenters. The van der Waals surface area contributed by atoms with E-state index in [0.29, 0.717) is 6.04 Å². The van der Waals surface area contributed by atoms with Gasteiger partial charge in [-0.15, -0.1) is 0 Å². The molecule has 1 fully saturated rings. The van der Waals surface area contributed by atoms with Gasteiger partial charge >= 0.3 is 0 Å². The number of hydrogen-bond donors (Lipinski definition) is 1. The first-order valence-corrected chi connectivity index (χ1v) is 8.78. The monoisotopic (exact) mass is 309 g/mol. The van der Waals surface area contributed by atoms with Crippen LogP contribution in [0.1, 0.15) is 43.8 Å². The summed E-state index contributed by atoms with van der Waals surface area (Å²) in [6.45, 7) is 0.718. The van der Waals surface area contributed by atoms with E-state index in [1.165, 1.54) is 43.2 Å². The van der Waals surface area contributed by atoms with Crippen LogP contribution in [0, 0.1) is 0 Å². The highest BCUT2D eigenvalue weighted by Crippen LogP contribution is 2.25. The second kappa shape index (κ2) is 7.76. The lowest BCUT2D eigenvalue weighted by molar-refractivity contribution is 0.0914. The van der Waals surface area contributed by atoms with Crippen molar-refractivity contribution in [2.75, 3.05) is 13.6 Å². The Morgan fingerprint density at radius 1 is 0.913 bits per heavy atom. The van der Waals surface area contributed by atoms with Crippen LogP contribution in [0.4, 0.5) is 0 Å². The number of hydrogen-bond acceptors (Lipinski definition) is 2. The lowest BCUT2D eigenvalue weighted by Gasteiger charge is -2.32. The van der Waals surface area contributed by atoms with Crippen molar-refractivity contribution in [3.63, 3.8) is 0 Å². The van der Waals surface area contributed by atoms with E-state index in [-0.39, 0.29) is 0 Å². The third-order valence-electron chi connectivity index (χ3n) is 5.06. The van der Waals surface area contributed by atoms with Gasteiger partial charge in [-0.05, 0) is 36.6 Å². The normalized spacial score (nSPS) is 17.3. The number of rotatable bonds is 5. The molecular formula is C21H27NO. The van der Waals surface area contributed by atoms with E-state index in [0.717, 1.165) is 12.1 Å². The van der Waals surface area contributed by atoms with Crippen LogP contribution in [0.15, 0.2) is 54.6 Å². The second-order valence-electron chi connectivity index (χ2n) is 6.74. The molecule has 1 aliphatic rings. The molecule has 0 aliphatic heterocycles. The van der Waals surface area contributed by atoms with Crippen LogP contribution < -0.4 is 0 Å². The molecule has 2 heteroatoms. The average molecular weight is 309 g/mol. The molecule has 3 rings (SSSR count). The molecule has 23 heavy (non-hydrogen) atoms. The lowest BCUT2D eigenvalue weighted by Crippen LogP contribution is -2.36. The molecule has 1 N–H and O–H groups in total. The van der Waals surface area contributed by atoms with E-state index in [2.05, 4.69) is 60.5 Å². The summed E-state index contributed by atoms with van der Waals surface area (Å²) < 4.78 is 0. The first kappa shape index (κ1) is 16.2. The van der Waals surface area contributed by atoms with Gasteiger partial charge in [0.05, 0.1) is 6.10 Å². The molecular weight excluding hydrogens is 282 g/mol. The highest BCUT2D eigenvalue weighted by atomic mass is 16.3.